The Morgan fingerprint density at radius 2 is 1.81 bits per heavy atom. The molecule has 2 aromatic carbocycles. The molecule has 2 aromatic rings. The average molecular weight is 280 g/mol. The van der Waals surface area contributed by atoms with Crippen molar-refractivity contribution in [3.8, 4) is 0 Å². The van der Waals surface area contributed by atoms with Crippen molar-refractivity contribution in [2.45, 2.75) is 25.2 Å². The lowest BCUT2D eigenvalue weighted by molar-refractivity contribution is 0.622. The molecular formula is C19H24N2. The molecule has 0 bridgehead atoms. The molecule has 3 rings (SSSR count). The maximum absolute atomic E-state index is 5.78. The molecule has 1 heterocycles. The van der Waals surface area contributed by atoms with Gasteiger partial charge in [0.2, 0.25) is 0 Å². The summed E-state index contributed by atoms with van der Waals surface area (Å²) in [4.78, 5) is 2.54. The van der Waals surface area contributed by atoms with E-state index >= 15 is 0 Å². The summed E-state index contributed by atoms with van der Waals surface area (Å²) in [7, 11) is 0. The molecular weight excluding hydrogens is 256 g/mol. The highest BCUT2D eigenvalue weighted by Gasteiger charge is 2.28. The molecule has 21 heavy (non-hydrogen) atoms. The van der Waals surface area contributed by atoms with Crippen molar-refractivity contribution in [3.05, 3.63) is 65.7 Å². The highest BCUT2D eigenvalue weighted by molar-refractivity contribution is 5.60. The Balaban J connectivity index is 1.78. The van der Waals surface area contributed by atoms with E-state index in [1.807, 2.05) is 0 Å². The third kappa shape index (κ3) is 2.96. The van der Waals surface area contributed by atoms with Crippen molar-refractivity contribution in [2.24, 2.45) is 5.73 Å². The number of para-hydroxylation sites is 1. The second-order valence-corrected chi connectivity index (χ2v) is 6.05. The van der Waals surface area contributed by atoms with E-state index in [4.69, 9.17) is 5.73 Å². The first-order valence-corrected chi connectivity index (χ1v) is 7.88. The van der Waals surface area contributed by atoms with Crippen LogP contribution in [-0.2, 0) is 0 Å². The maximum atomic E-state index is 5.78. The molecule has 0 aliphatic carbocycles. The van der Waals surface area contributed by atoms with Gasteiger partial charge in [-0.1, -0.05) is 55.5 Å². The van der Waals surface area contributed by atoms with Crippen LogP contribution in [0.15, 0.2) is 54.6 Å². The minimum absolute atomic E-state index is 0.538. The van der Waals surface area contributed by atoms with Crippen LogP contribution in [0.4, 0.5) is 5.69 Å². The number of anilines is 1. The van der Waals surface area contributed by atoms with E-state index in [1.54, 1.807) is 0 Å². The number of fused-ring (bicyclic) bond motifs is 1. The SMILES string of the molecule is CC(CN1CC(CCN)c2ccccc21)c1ccccc1. The van der Waals surface area contributed by atoms with Gasteiger partial charge in [-0.25, -0.2) is 0 Å². The van der Waals surface area contributed by atoms with Crippen LogP contribution in [0.1, 0.15) is 36.3 Å². The van der Waals surface area contributed by atoms with E-state index < -0.39 is 0 Å². The van der Waals surface area contributed by atoms with Gasteiger partial charge in [0.1, 0.15) is 0 Å². The molecule has 0 amide bonds. The largest absolute Gasteiger partial charge is 0.370 e. The Labute approximate surface area is 127 Å². The summed E-state index contributed by atoms with van der Waals surface area (Å²) in [5, 5.41) is 0. The van der Waals surface area contributed by atoms with Crippen molar-refractivity contribution >= 4 is 5.69 Å². The standard InChI is InChI=1S/C19H24N2/c1-15(16-7-3-2-4-8-16)13-21-14-17(11-12-20)18-9-5-6-10-19(18)21/h2-10,15,17H,11-14,20H2,1H3. The minimum Gasteiger partial charge on any atom is -0.370 e. The van der Waals surface area contributed by atoms with Gasteiger partial charge in [0.15, 0.2) is 0 Å². The number of nitrogens with two attached hydrogens (primary N) is 1. The Kier molecular flexibility index (Phi) is 4.26. The van der Waals surface area contributed by atoms with Crippen molar-refractivity contribution in [3.63, 3.8) is 0 Å². The van der Waals surface area contributed by atoms with Gasteiger partial charge in [-0.15, -0.1) is 0 Å². The quantitative estimate of drug-likeness (QED) is 0.904. The van der Waals surface area contributed by atoms with Crippen molar-refractivity contribution in [1.29, 1.82) is 0 Å². The van der Waals surface area contributed by atoms with Crippen LogP contribution in [-0.4, -0.2) is 19.6 Å². The fourth-order valence-corrected chi connectivity index (χ4v) is 3.42. The summed E-state index contributed by atoms with van der Waals surface area (Å²) in [5.74, 6) is 1.13. The zero-order chi connectivity index (χ0) is 14.7. The van der Waals surface area contributed by atoms with Gasteiger partial charge < -0.3 is 10.6 Å². The maximum Gasteiger partial charge on any atom is 0.0402 e. The van der Waals surface area contributed by atoms with E-state index in [9.17, 15) is 0 Å². The van der Waals surface area contributed by atoms with Gasteiger partial charge in [-0.05, 0) is 36.1 Å². The van der Waals surface area contributed by atoms with Gasteiger partial charge >= 0.3 is 0 Å². The second kappa shape index (κ2) is 6.31. The molecule has 2 unspecified atom stereocenters. The molecule has 0 saturated heterocycles. The topological polar surface area (TPSA) is 29.3 Å². The molecule has 1 aliphatic rings. The van der Waals surface area contributed by atoms with Gasteiger partial charge in [0, 0.05) is 24.7 Å². The lowest BCUT2D eigenvalue weighted by Gasteiger charge is -2.24. The molecule has 2 heteroatoms. The van der Waals surface area contributed by atoms with Gasteiger partial charge in [0.25, 0.3) is 0 Å². The fraction of sp³-hybridized carbons (Fsp3) is 0.368. The third-order valence-electron chi connectivity index (χ3n) is 4.54. The first-order valence-electron chi connectivity index (χ1n) is 7.88. The van der Waals surface area contributed by atoms with E-state index in [-0.39, 0.29) is 0 Å². The first-order chi connectivity index (χ1) is 10.3. The summed E-state index contributed by atoms with van der Waals surface area (Å²) in [6.45, 7) is 5.26. The monoisotopic (exact) mass is 280 g/mol. The lowest BCUT2D eigenvalue weighted by atomic mass is 9.98. The zero-order valence-electron chi connectivity index (χ0n) is 12.7. The molecule has 0 fully saturated rings. The van der Waals surface area contributed by atoms with Crippen LogP contribution in [0.5, 0.6) is 0 Å². The molecule has 0 spiro atoms. The van der Waals surface area contributed by atoms with Crippen LogP contribution < -0.4 is 10.6 Å². The highest BCUT2D eigenvalue weighted by Crippen LogP contribution is 2.38. The van der Waals surface area contributed by atoms with E-state index in [0.717, 1.165) is 26.1 Å². The van der Waals surface area contributed by atoms with Crippen molar-refractivity contribution < 1.29 is 0 Å². The molecule has 0 radical (unpaired) electrons. The Morgan fingerprint density at radius 1 is 1.10 bits per heavy atom. The molecule has 110 valence electrons. The minimum atomic E-state index is 0.538. The van der Waals surface area contributed by atoms with E-state index in [1.165, 1.54) is 16.8 Å². The van der Waals surface area contributed by atoms with Crippen LogP contribution in [0.25, 0.3) is 0 Å². The molecule has 1 aliphatic heterocycles. The van der Waals surface area contributed by atoms with Crippen LogP contribution in [0.3, 0.4) is 0 Å². The van der Waals surface area contributed by atoms with Gasteiger partial charge in [-0.3, -0.25) is 0 Å². The highest BCUT2D eigenvalue weighted by atomic mass is 15.2. The normalized spacial score (nSPS) is 18.6. The average Bonchev–Trinajstić information content (AvgIpc) is 2.87. The summed E-state index contributed by atoms with van der Waals surface area (Å²) >= 11 is 0. The summed E-state index contributed by atoms with van der Waals surface area (Å²) in [5.41, 5.74) is 10.1. The number of rotatable bonds is 5. The Hall–Kier alpha value is -1.80. The number of hydrogen-bond donors (Lipinski definition) is 1. The summed E-state index contributed by atoms with van der Waals surface area (Å²) in [6, 6.07) is 19.6. The lowest BCUT2D eigenvalue weighted by Crippen LogP contribution is -2.27. The molecule has 0 aromatic heterocycles. The smallest absolute Gasteiger partial charge is 0.0402 e. The first kappa shape index (κ1) is 14.2. The predicted molar refractivity (Wildman–Crippen MR) is 89.9 cm³/mol. The number of nitrogens with zero attached hydrogens (tertiary/aromatic N) is 1. The zero-order valence-corrected chi connectivity index (χ0v) is 12.7. The Bertz CT molecular complexity index is 579. The number of hydrogen-bond acceptors (Lipinski definition) is 2. The third-order valence-corrected chi connectivity index (χ3v) is 4.54. The van der Waals surface area contributed by atoms with Crippen LogP contribution in [0, 0.1) is 0 Å². The fourth-order valence-electron chi connectivity index (χ4n) is 3.42. The molecule has 2 nitrogen and oxygen atoms in total. The van der Waals surface area contributed by atoms with Crippen LogP contribution in [0.2, 0.25) is 0 Å². The summed E-state index contributed by atoms with van der Waals surface area (Å²) < 4.78 is 0. The predicted octanol–water partition coefficient (Wildman–Crippen LogP) is 3.74. The Morgan fingerprint density at radius 3 is 2.57 bits per heavy atom. The van der Waals surface area contributed by atoms with Gasteiger partial charge in [-0.2, -0.15) is 0 Å². The molecule has 0 saturated carbocycles. The van der Waals surface area contributed by atoms with Crippen LogP contribution >= 0.6 is 0 Å². The van der Waals surface area contributed by atoms with Crippen molar-refractivity contribution in [1.82, 2.24) is 0 Å². The number of benzene rings is 2. The summed E-state index contributed by atoms with van der Waals surface area (Å²) in [6.07, 6.45) is 1.08. The molecule has 2 N–H and O–H groups in total. The van der Waals surface area contributed by atoms with E-state index in [2.05, 4.69) is 66.4 Å². The molecule has 2 atom stereocenters. The van der Waals surface area contributed by atoms with Gasteiger partial charge in [0.05, 0.1) is 0 Å². The van der Waals surface area contributed by atoms with E-state index in [0.29, 0.717) is 11.8 Å². The second-order valence-electron chi connectivity index (χ2n) is 6.05. The van der Waals surface area contributed by atoms with Crippen molar-refractivity contribution in [2.75, 3.05) is 24.5 Å².